The van der Waals surface area contributed by atoms with E-state index in [4.69, 9.17) is 15.7 Å². The van der Waals surface area contributed by atoms with Crippen LogP contribution in [0.25, 0.3) is 33.0 Å². The highest BCUT2D eigenvalue weighted by atomic mass is 32.2. The Morgan fingerprint density at radius 1 is 0.786 bits per heavy atom. The Morgan fingerprint density at radius 2 is 1.48 bits per heavy atom. The molecule has 0 spiro atoms. The number of nitrogen functional groups attached to an aromatic ring is 1. The van der Waals surface area contributed by atoms with Crippen LogP contribution in [0.3, 0.4) is 0 Å². The highest BCUT2D eigenvalue weighted by molar-refractivity contribution is 7.86. The monoisotopic (exact) mass is 610 g/mol. The first-order chi connectivity index (χ1) is 20.3. The van der Waals surface area contributed by atoms with Crippen LogP contribution in [0, 0.1) is 0 Å². The van der Waals surface area contributed by atoms with Crippen LogP contribution in [0.2, 0.25) is 0 Å². The minimum Gasteiger partial charge on any atom is -0.399 e. The molecule has 42 heavy (non-hydrogen) atoms. The standard InChI is InChI=1S/C32H26N4O3S3/c33-25-15-16-30(42(37,38)39)26(18-25)22-13-11-21(12-14-22)17-27(29-20-40-31(34-29)24-9-5-2-6-10-24)35-32-36-28(19-41-32)23-7-3-1-4-8-23/h1-16,18-20,27H,17,33H2,(H,35,36)(H,37,38,39). The average molecular weight is 611 g/mol. The Hall–Kier alpha value is -4.35. The van der Waals surface area contributed by atoms with Crippen LogP contribution in [0.5, 0.6) is 0 Å². The SMILES string of the molecule is Nc1ccc(S(=O)(=O)O)c(-c2ccc(CC(Nc3nc(-c4ccccc4)cs3)c3csc(-c4ccccc4)n3)cc2)c1. The number of nitrogens with one attached hydrogen (secondary N) is 1. The topological polar surface area (TPSA) is 118 Å². The van der Waals surface area contributed by atoms with Crippen molar-refractivity contribution in [2.24, 2.45) is 0 Å². The number of anilines is 2. The maximum Gasteiger partial charge on any atom is 0.295 e. The Kier molecular flexibility index (Phi) is 7.86. The number of benzene rings is 4. The average Bonchev–Trinajstić information content (AvgIpc) is 3.68. The highest BCUT2D eigenvalue weighted by Crippen LogP contribution is 2.34. The van der Waals surface area contributed by atoms with Crippen molar-refractivity contribution < 1.29 is 13.0 Å². The molecule has 1 unspecified atom stereocenters. The number of rotatable bonds is 9. The van der Waals surface area contributed by atoms with E-state index in [1.807, 2.05) is 90.3 Å². The molecule has 0 aliphatic heterocycles. The van der Waals surface area contributed by atoms with Gasteiger partial charge in [-0.3, -0.25) is 4.55 Å². The smallest absolute Gasteiger partial charge is 0.295 e. The molecule has 2 aromatic heterocycles. The van der Waals surface area contributed by atoms with E-state index in [0.29, 0.717) is 23.2 Å². The summed E-state index contributed by atoms with van der Waals surface area (Å²) >= 11 is 3.15. The second-order valence-electron chi connectivity index (χ2n) is 9.68. The summed E-state index contributed by atoms with van der Waals surface area (Å²) in [5, 5.41) is 9.45. The number of nitrogens with two attached hydrogens (primary N) is 1. The van der Waals surface area contributed by atoms with Crippen LogP contribution in [0.15, 0.2) is 119 Å². The van der Waals surface area contributed by atoms with Crippen molar-refractivity contribution in [3.05, 3.63) is 125 Å². The van der Waals surface area contributed by atoms with E-state index in [1.165, 1.54) is 12.1 Å². The van der Waals surface area contributed by atoms with Gasteiger partial charge in [0.25, 0.3) is 10.1 Å². The number of nitrogens with zero attached hydrogens (tertiary/aromatic N) is 2. The van der Waals surface area contributed by atoms with E-state index >= 15 is 0 Å². The largest absolute Gasteiger partial charge is 0.399 e. The molecule has 0 aliphatic rings. The van der Waals surface area contributed by atoms with Crippen molar-refractivity contribution in [1.29, 1.82) is 0 Å². The van der Waals surface area contributed by atoms with Crippen molar-refractivity contribution >= 4 is 43.6 Å². The summed E-state index contributed by atoms with van der Waals surface area (Å²) in [5.74, 6) is 0. The molecule has 2 heterocycles. The summed E-state index contributed by atoms with van der Waals surface area (Å²) in [6, 6.07) is 31.9. The lowest BCUT2D eigenvalue weighted by Crippen LogP contribution is -2.14. The van der Waals surface area contributed by atoms with Crippen molar-refractivity contribution in [2.45, 2.75) is 17.4 Å². The van der Waals surface area contributed by atoms with Gasteiger partial charge in [0.05, 0.1) is 17.4 Å². The highest BCUT2D eigenvalue weighted by Gasteiger charge is 2.20. The van der Waals surface area contributed by atoms with E-state index in [9.17, 15) is 13.0 Å². The minimum absolute atomic E-state index is 0.167. The van der Waals surface area contributed by atoms with Crippen LogP contribution < -0.4 is 11.1 Å². The molecule has 0 fully saturated rings. The van der Waals surface area contributed by atoms with Gasteiger partial charge >= 0.3 is 0 Å². The van der Waals surface area contributed by atoms with E-state index in [1.54, 1.807) is 28.7 Å². The maximum absolute atomic E-state index is 12.0. The van der Waals surface area contributed by atoms with Crippen molar-refractivity contribution in [3.63, 3.8) is 0 Å². The number of thiazole rings is 2. The Bertz CT molecular complexity index is 1920. The van der Waals surface area contributed by atoms with Crippen LogP contribution in [0.4, 0.5) is 10.8 Å². The van der Waals surface area contributed by atoms with Gasteiger partial charge in [-0.1, -0.05) is 84.9 Å². The molecule has 0 aliphatic carbocycles. The van der Waals surface area contributed by atoms with Crippen LogP contribution in [-0.4, -0.2) is 22.9 Å². The number of hydrogen-bond donors (Lipinski definition) is 3. The molecular weight excluding hydrogens is 585 g/mol. The fourth-order valence-electron chi connectivity index (χ4n) is 4.67. The van der Waals surface area contributed by atoms with Gasteiger partial charge in [-0.15, -0.1) is 22.7 Å². The third-order valence-electron chi connectivity index (χ3n) is 6.76. The lowest BCUT2D eigenvalue weighted by atomic mass is 9.99. The van der Waals surface area contributed by atoms with Gasteiger partial charge < -0.3 is 11.1 Å². The Morgan fingerprint density at radius 3 is 2.17 bits per heavy atom. The summed E-state index contributed by atoms with van der Waals surface area (Å²) in [7, 11) is -4.42. The summed E-state index contributed by atoms with van der Waals surface area (Å²) in [5.41, 5.74) is 12.3. The molecule has 4 N–H and O–H groups in total. The zero-order chi connectivity index (χ0) is 29.1. The van der Waals surface area contributed by atoms with Gasteiger partial charge in [0.1, 0.15) is 9.90 Å². The van der Waals surface area contributed by atoms with Crippen molar-refractivity contribution in [2.75, 3.05) is 11.1 Å². The van der Waals surface area contributed by atoms with Crippen LogP contribution in [-0.2, 0) is 16.5 Å². The molecule has 4 aromatic carbocycles. The molecule has 0 radical (unpaired) electrons. The van der Waals surface area contributed by atoms with Gasteiger partial charge in [-0.05, 0) is 35.7 Å². The molecule has 7 nitrogen and oxygen atoms in total. The normalized spacial score (nSPS) is 12.2. The van der Waals surface area contributed by atoms with E-state index in [2.05, 4.69) is 10.7 Å². The maximum atomic E-state index is 12.0. The molecule has 0 amide bonds. The third-order valence-corrected chi connectivity index (χ3v) is 9.35. The van der Waals surface area contributed by atoms with Crippen molar-refractivity contribution in [3.8, 4) is 33.0 Å². The summed E-state index contributed by atoms with van der Waals surface area (Å²) < 4.78 is 33.7. The van der Waals surface area contributed by atoms with E-state index in [-0.39, 0.29) is 10.9 Å². The Balaban J connectivity index is 1.30. The lowest BCUT2D eigenvalue weighted by Gasteiger charge is -2.17. The number of aromatic nitrogens is 2. The van der Waals surface area contributed by atoms with Gasteiger partial charge in [-0.25, -0.2) is 9.97 Å². The van der Waals surface area contributed by atoms with Crippen LogP contribution in [0.1, 0.15) is 17.3 Å². The molecule has 0 saturated carbocycles. The minimum atomic E-state index is -4.42. The molecule has 0 bridgehead atoms. The Labute approximate surface area is 252 Å². The second-order valence-corrected chi connectivity index (χ2v) is 12.8. The predicted octanol–water partition coefficient (Wildman–Crippen LogP) is 7.83. The van der Waals surface area contributed by atoms with Gasteiger partial charge in [0.15, 0.2) is 5.13 Å². The fraction of sp³-hybridized carbons (Fsp3) is 0.0625. The molecule has 0 saturated heterocycles. The van der Waals surface area contributed by atoms with Gasteiger partial charge in [0.2, 0.25) is 0 Å². The molecule has 6 rings (SSSR count). The summed E-state index contributed by atoms with van der Waals surface area (Å²) in [6.07, 6.45) is 0.612. The van der Waals surface area contributed by atoms with Gasteiger partial charge in [-0.2, -0.15) is 8.42 Å². The third kappa shape index (κ3) is 6.27. The fourth-order valence-corrected chi connectivity index (χ4v) is 7.02. The first-order valence-corrected chi connectivity index (χ1v) is 16.3. The zero-order valence-electron chi connectivity index (χ0n) is 22.2. The second kappa shape index (κ2) is 11.9. The zero-order valence-corrected chi connectivity index (χ0v) is 24.7. The van der Waals surface area contributed by atoms with Crippen molar-refractivity contribution in [1.82, 2.24) is 9.97 Å². The quantitative estimate of drug-likeness (QED) is 0.113. The molecule has 1 atom stereocenters. The number of hydrogen-bond acceptors (Lipinski definition) is 8. The van der Waals surface area contributed by atoms with Gasteiger partial charge in [0, 0.05) is 33.1 Å². The van der Waals surface area contributed by atoms with E-state index in [0.717, 1.165) is 38.2 Å². The summed E-state index contributed by atoms with van der Waals surface area (Å²) in [4.78, 5) is 9.63. The molecule has 10 heteroatoms. The lowest BCUT2D eigenvalue weighted by molar-refractivity contribution is 0.483. The summed E-state index contributed by atoms with van der Waals surface area (Å²) in [6.45, 7) is 0. The molecule has 6 aromatic rings. The first-order valence-electron chi connectivity index (χ1n) is 13.1. The van der Waals surface area contributed by atoms with Crippen LogP contribution >= 0.6 is 22.7 Å². The predicted molar refractivity (Wildman–Crippen MR) is 171 cm³/mol. The van der Waals surface area contributed by atoms with E-state index < -0.39 is 10.1 Å². The molecular formula is C32H26N4O3S3. The molecule has 210 valence electrons. The first kappa shape index (κ1) is 27.8.